The summed E-state index contributed by atoms with van der Waals surface area (Å²) in [6, 6.07) is 0.768. The Morgan fingerprint density at radius 1 is 1.04 bits per heavy atom. The van der Waals surface area contributed by atoms with Crippen molar-refractivity contribution in [3.05, 3.63) is 35.1 Å². The van der Waals surface area contributed by atoms with Crippen LogP contribution in [0, 0.1) is 23.4 Å². The van der Waals surface area contributed by atoms with Crippen molar-refractivity contribution in [2.75, 3.05) is 0 Å². The third-order valence-corrected chi connectivity index (χ3v) is 2.94. The molecule has 0 bridgehead atoms. The van der Waals surface area contributed by atoms with E-state index < -0.39 is 58.9 Å². The van der Waals surface area contributed by atoms with Crippen molar-refractivity contribution >= 4 is 17.7 Å². The molecule has 1 aromatic carbocycles. The number of Topliss-reactive ketones (excluding diaryl/α,β-unsaturated/α-hetero) is 1. The second-order valence-electron chi connectivity index (χ2n) is 5.18. The molecule has 1 aliphatic rings. The molecule has 0 aromatic heterocycles. The van der Waals surface area contributed by atoms with E-state index in [4.69, 9.17) is 9.47 Å². The van der Waals surface area contributed by atoms with Crippen molar-refractivity contribution in [3.8, 4) is 0 Å². The van der Waals surface area contributed by atoms with Crippen molar-refractivity contribution in [2.45, 2.75) is 26.1 Å². The fraction of sp³-hybridized carbons (Fsp3) is 0.357. The van der Waals surface area contributed by atoms with E-state index in [0.29, 0.717) is 6.07 Å². The van der Waals surface area contributed by atoms with Crippen molar-refractivity contribution in [3.63, 3.8) is 0 Å². The maximum atomic E-state index is 13.5. The van der Waals surface area contributed by atoms with Gasteiger partial charge in [0.05, 0.1) is 0 Å². The molecule has 1 saturated heterocycles. The second-order valence-corrected chi connectivity index (χ2v) is 5.18. The number of ether oxygens (including phenoxy) is 2. The molecule has 0 radical (unpaired) electrons. The van der Waals surface area contributed by atoms with E-state index in [-0.39, 0.29) is 35.6 Å². The predicted molar refractivity (Wildman–Crippen MR) is 64.8 cm³/mol. The van der Waals surface area contributed by atoms with E-state index in [1.54, 1.807) is 0 Å². The Bertz CT molecular complexity index is 655. The first kappa shape index (κ1) is 19.7. The van der Waals surface area contributed by atoms with Gasteiger partial charge in [-0.1, -0.05) is 0 Å². The average Bonchev–Trinajstić information content (AvgIpc) is 2.33. The third-order valence-electron chi connectivity index (χ3n) is 2.94. The molecule has 2 rings (SSSR count). The molecule has 1 heterocycles. The van der Waals surface area contributed by atoms with Crippen molar-refractivity contribution in [1.29, 1.82) is 0 Å². The fourth-order valence-corrected chi connectivity index (χ4v) is 1.97. The Morgan fingerprint density at radius 3 is 2.04 bits per heavy atom. The summed E-state index contributed by atoms with van der Waals surface area (Å²) in [7, 11) is 0. The summed E-state index contributed by atoms with van der Waals surface area (Å²) in [5, 5.41) is 0. The van der Waals surface area contributed by atoms with E-state index in [2.05, 4.69) is 0 Å². The van der Waals surface area contributed by atoms with Gasteiger partial charge in [-0.15, -0.1) is 0 Å². The number of esters is 2. The van der Waals surface area contributed by atoms with Crippen LogP contribution in [-0.2, 0) is 30.3 Å². The first-order chi connectivity index (χ1) is 10.1. The van der Waals surface area contributed by atoms with Gasteiger partial charge in [-0.25, -0.2) is 13.2 Å². The molecule has 0 saturated carbocycles. The normalized spacial score (nSPS) is 17.1. The Labute approximate surface area is 151 Å². The van der Waals surface area contributed by atoms with Crippen LogP contribution < -0.4 is 29.6 Å². The van der Waals surface area contributed by atoms with Crippen LogP contribution in [0.25, 0.3) is 0 Å². The summed E-state index contributed by atoms with van der Waals surface area (Å²) in [5.41, 5.74) is -0.477. The summed E-state index contributed by atoms with van der Waals surface area (Å²) >= 11 is 0. The number of cyclic esters (lactones) is 2. The molecule has 0 unspecified atom stereocenters. The minimum absolute atomic E-state index is 0. The topological polar surface area (TPSA) is 69.7 Å². The Morgan fingerprint density at radius 2 is 1.52 bits per heavy atom. The van der Waals surface area contributed by atoms with Crippen LogP contribution in [0.2, 0.25) is 0 Å². The SMILES string of the molecule is CC1(C)OC(=O)C(C(=O)Cc2cc(F)c(F)cc2F)C(=O)O1.[Na+]. The van der Waals surface area contributed by atoms with Gasteiger partial charge < -0.3 is 9.47 Å². The van der Waals surface area contributed by atoms with Gasteiger partial charge in [-0.3, -0.25) is 14.4 Å². The minimum Gasteiger partial charge on any atom is -0.422 e. The number of rotatable bonds is 3. The van der Waals surface area contributed by atoms with Crippen LogP contribution in [0.1, 0.15) is 19.4 Å². The average molecular weight is 339 g/mol. The van der Waals surface area contributed by atoms with Crippen LogP contribution in [0.15, 0.2) is 12.1 Å². The molecule has 1 aromatic rings. The van der Waals surface area contributed by atoms with E-state index in [1.807, 2.05) is 0 Å². The van der Waals surface area contributed by atoms with Gasteiger partial charge >= 0.3 is 41.5 Å². The molecule has 0 aliphatic carbocycles. The number of ketones is 1. The minimum atomic E-state index is -1.87. The molecular formula is C14H11F3NaO5+. The van der Waals surface area contributed by atoms with Gasteiger partial charge in [0, 0.05) is 26.3 Å². The monoisotopic (exact) mass is 339 g/mol. The fourth-order valence-electron chi connectivity index (χ4n) is 1.97. The van der Waals surface area contributed by atoms with Crippen LogP contribution in [-0.4, -0.2) is 23.5 Å². The van der Waals surface area contributed by atoms with E-state index in [1.165, 1.54) is 13.8 Å². The molecule has 0 atom stereocenters. The van der Waals surface area contributed by atoms with E-state index in [0.717, 1.165) is 0 Å². The second kappa shape index (κ2) is 7.02. The molecular weight excluding hydrogens is 328 g/mol. The maximum Gasteiger partial charge on any atom is 1.00 e. The number of halogens is 3. The zero-order valence-electron chi connectivity index (χ0n) is 12.6. The van der Waals surface area contributed by atoms with Gasteiger partial charge in [-0.2, -0.15) is 0 Å². The quantitative estimate of drug-likeness (QED) is 0.295. The molecule has 1 fully saturated rings. The van der Waals surface area contributed by atoms with Crippen molar-refractivity contribution in [2.24, 2.45) is 5.92 Å². The number of carbonyl (C=O) groups is 3. The van der Waals surface area contributed by atoms with E-state index >= 15 is 0 Å². The standard InChI is InChI=1S/C14H11F3O5.Na/c1-14(2)21-12(19)11(13(20)22-14)10(18)4-6-3-8(16)9(17)5-7(6)15;/h3,5,11H,4H2,1-2H3;/q;+1. The maximum absolute atomic E-state index is 13.5. The number of benzene rings is 1. The molecule has 9 heteroatoms. The van der Waals surface area contributed by atoms with Gasteiger partial charge in [0.15, 0.2) is 17.4 Å². The zero-order chi connectivity index (χ0) is 16.7. The largest absolute Gasteiger partial charge is 1.00 e. The Kier molecular flexibility index (Phi) is 6.00. The van der Waals surface area contributed by atoms with Gasteiger partial charge in [0.25, 0.3) is 5.79 Å². The number of carbonyl (C=O) groups excluding carboxylic acids is 3. The van der Waals surface area contributed by atoms with Crippen LogP contribution in [0.3, 0.4) is 0 Å². The van der Waals surface area contributed by atoms with Gasteiger partial charge in [0.1, 0.15) is 5.82 Å². The predicted octanol–water partition coefficient (Wildman–Crippen LogP) is -1.33. The molecule has 1 aliphatic heterocycles. The van der Waals surface area contributed by atoms with Gasteiger partial charge in [0.2, 0.25) is 5.92 Å². The summed E-state index contributed by atoms with van der Waals surface area (Å²) in [6.07, 6.45) is -0.779. The molecule has 0 amide bonds. The number of hydrogen-bond acceptors (Lipinski definition) is 5. The molecule has 0 N–H and O–H groups in total. The van der Waals surface area contributed by atoms with Crippen LogP contribution in [0.4, 0.5) is 13.2 Å². The number of hydrogen-bond donors (Lipinski definition) is 0. The zero-order valence-corrected chi connectivity index (χ0v) is 14.6. The summed E-state index contributed by atoms with van der Waals surface area (Å²) in [6.45, 7) is 2.61. The smallest absolute Gasteiger partial charge is 0.422 e. The molecule has 23 heavy (non-hydrogen) atoms. The Balaban J connectivity index is 0.00000264. The third kappa shape index (κ3) is 4.33. The van der Waals surface area contributed by atoms with Crippen molar-refractivity contribution in [1.82, 2.24) is 0 Å². The van der Waals surface area contributed by atoms with E-state index in [9.17, 15) is 27.6 Å². The summed E-state index contributed by atoms with van der Waals surface area (Å²) in [5.74, 6) is -10.6. The summed E-state index contributed by atoms with van der Waals surface area (Å²) < 4.78 is 48.9. The molecule has 5 nitrogen and oxygen atoms in total. The first-order valence-electron chi connectivity index (χ1n) is 6.22. The molecule has 0 spiro atoms. The van der Waals surface area contributed by atoms with Crippen LogP contribution >= 0.6 is 0 Å². The van der Waals surface area contributed by atoms with Gasteiger partial charge in [-0.05, 0) is 11.6 Å². The van der Waals surface area contributed by atoms with Crippen molar-refractivity contribution < 1.29 is 66.6 Å². The Hall–Kier alpha value is -1.38. The summed E-state index contributed by atoms with van der Waals surface area (Å²) in [4.78, 5) is 35.3. The van der Waals surface area contributed by atoms with Crippen LogP contribution in [0.5, 0.6) is 0 Å². The first-order valence-corrected chi connectivity index (χ1v) is 6.22. The molecule has 118 valence electrons.